The number of aliphatic carboxylic acids is 1. The summed E-state index contributed by atoms with van der Waals surface area (Å²) in [5, 5.41) is 12.1. The standard InChI is InChI=1S/C15H28N2O4/c1-9(2)12(10(3)4)7-16-15(20)17-8-11(21-5)6-13(17)14(18)19/h9-13H,6-8H2,1-5H3,(H,16,20)(H,18,19). The highest BCUT2D eigenvalue weighted by Crippen LogP contribution is 2.22. The molecule has 0 aliphatic carbocycles. The van der Waals surface area contributed by atoms with E-state index in [1.54, 1.807) is 7.11 Å². The Morgan fingerprint density at radius 1 is 1.29 bits per heavy atom. The lowest BCUT2D eigenvalue weighted by Crippen LogP contribution is -2.48. The van der Waals surface area contributed by atoms with Crippen LogP contribution in [-0.2, 0) is 9.53 Å². The van der Waals surface area contributed by atoms with E-state index in [0.29, 0.717) is 37.3 Å². The molecule has 6 heteroatoms. The van der Waals surface area contributed by atoms with E-state index in [0.717, 1.165) is 0 Å². The third-order valence-electron chi connectivity index (χ3n) is 4.34. The molecule has 1 saturated heterocycles. The van der Waals surface area contributed by atoms with Gasteiger partial charge in [0.2, 0.25) is 0 Å². The van der Waals surface area contributed by atoms with Crippen LogP contribution in [0.2, 0.25) is 0 Å². The number of amides is 2. The van der Waals surface area contributed by atoms with Crippen molar-refractivity contribution in [2.75, 3.05) is 20.2 Å². The third-order valence-corrected chi connectivity index (χ3v) is 4.34. The van der Waals surface area contributed by atoms with Gasteiger partial charge in [-0.25, -0.2) is 9.59 Å². The molecule has 0 aromatic carbocycles. The highest BCUT2D eigenvalue weighted by molar-refractivity contribution is 5.83. The minimum Gasteiger partial charge on any atom is -0.480 e. The number of carbonyl (C=O) groups is 2. The van der Waals surface area contributed by atoms with Gasteiger partial charge in [-0.05, 0) is 17.8 Å². The van der Waals surface area contributed by atoms with E-state index in [-0.39, 0.29) is 12.1 Å². The van der Waals surface area contributed by atoms with E-state index in [9.17, 15) is 14.7 Å². The van der Waals surface area contributed by atoms with E-state index in [1.807, 2.05) is 0 Å². The van der Waals surface area contributed by atoms with Crippen molar-refractivity contribution in [2.24, 2.45) is 17.8 Å². The van der Waals surface area contributed by atoms with Crippen molar-refractivity contribution in [3.63, 3.8) is 0 Å². The minimum absolute atomic E-state index is 0.206. The summed E-state index contributed by atoms with van der Waals surface area (Å²) in [6.07, 6.45) is 0.139. The second-order valence-corrected chi connectivity index (χ2v) is 6.44. The minimum atomic E-state index is -0.978. The molecule has 0 bridgehead atoms. The number of carbonyl (C=O) groups excluding carboxylic acids is 1. The van der Waals surface area contributed by atoms with Crippen molar-refractivity contribution >= 4 is 12.0 Å². The van der Waals surface area contributed by atoms with Crippen molar-refractivity contribution < 1.29 is 19.4 Å². The van der Waals surface area contributed by atoms with Crippen LogP contribution in [0.5, 0.6) is 0 Å². The van der Waals surface area contributed by atoms with E-state index < -0.39 is 12.0 Å². The van der Waals surface area contributed by atoms with Gasteiger partial charge in [-0.3, -0.25) is 0 Å². The average molecular weight is 300 g/mol. The van der Waals surface area contributed by atoms with Crippen molar-refractivity contribution in [3.8, 4) is 0 Å². The van der Waals surface area contributed by atoms with E-state index >= 15 is 0 Å². The van der Waals surface area contributed by atoms with Gasteiger partial charge in [0.25, 0.3) is 0 Å². The van der Waals surface area contributed by atoms with Gasteiger partial charge in [-0.2, -0.15) is 0 Å². The SMILES string of the molecule is COC1CC(C(=O)O)N(C(=O)NCC(C(C)C)C(C)C)C1. The maximum Gasteiger partial charge on any atom is 0.326 e. The molecule has 0 saturated carbocycles. The van der Waals surface area contributed by atoms with Crippen LogP contribution in [-0.4, -0.2) is 54.4 Å². The number of hydrogen-bond acceptors (Lipinski definition) is 3. The zero-order valence-electron chi connectivity index (χ0n) is 13.6. The number of methoxy groups -OCH3 is 1. The van der Waals surface area contributed by atoms with E-state index in [1.165, 1.54) is 4.90 Å². The Hall–Kier alpha value is -1.30. The van der Waals surface area contributed by atoms with E-state index in [4.69, 9.17) is 4.74 Å². The van der Waals surface area contributed by atoms with Gasteiger partial charge in [0.05, 0.1) is 6.10 Å². The molecule has 2 unspecified atom stereocenters. The summed E-state index contributed by atoms with van der Waals surface area (Å²) >= 11 is 0. The van der Waals surface area contributed by atoms with Gasteiger partial charge in [-0.1, -0.05) is 27.7 Å². The van der Waals surface area contributed by atoms with Crippen molar-refractivity contribution in [3.05, 3.63) is 0 Å². The van der Waals surface area contributed by atoms with Gasteiger partial charge in [0.15, 0.2) is 0 Å². The number of carboxylic acid groups (broad SMARTS) is 1. The Kier molecular flexibility index (Phi) is 6.45. The van der Waals surface area contributed by atoms with Gasteiger partial charge in [0.1, 0.15) is 6.04 Å². The first-order chi connectivity index (χ1) is 9.77. The average Bonchev–Trinajstić information content (AvgIpc) is 2.82. The van der Waals surface area contributed by atoms with Gasteiger partial charge in [-0.15, -0.1) is 0 Å². The molecule has 21 heavy (non-hydrogen) atoms. The molecule has 2 amide bonds. The lowest BCUT2D eigenvalue weighted by Gasteiger charge is -2.27. The van der Waals surface area contributed by atoms with Crippen LogP contribution in [0.3, 0.4) is 0 Å². The molecule has 0 aromatic rings. The highest BCUT2D eigenvalue weighted by Gasteiger charge is 2.40. The second-order valence-electron chi connectivity index (χ2n) is 6.44. The molecule has 0 aromatic heterocycles. The number of carboxylic acids is 1. The van der Waals surface area contributed by atoms with Crippen molar-refractivity contribution in [2.45, 2.75) is 46.3 Å². The van der Waals surface area contributed by atoms with Crippen molar-refractivity contribution in [1.82, 2.24) is 10.2 Å². The smallest absolute Gasteiger partial charge is 0.326 e. The molecule has 0 radical (unpaired) electrons. The Morgan fingerprint density at radius 2 is 1.86 bits per heavy atom. The number of nitrogens with one attached hydrogen (secondary N) is 1. The quantitative estimate of drug-likeness (QED) is 0.784. The van der Waals surface area contributed by atoms with Crippen LogP contribution in [0.4, 0.5) is 4.79 Å². The fourth-order valence-corrected chi connectivity index (χ4v) is 2.97. The molecule has 6 nitrogen and oxygen atoms in total. The summed E-state index contributed by atoms with van der Waals surface area (Å²) in [7, 11) is 1.54. The number of hydrogen-bond donors (Lipinski definition) is 2. The normalized spacial score (nSPS) is 22.4. The molecule has 1 aliphatic heterocycles. The molecular formula is C15H28N2O4. The summed E-state index contributed by atoms with van der Waals surface area (Å²) < 4.78 is 5.19. The molecule has 1 aliphatic rings. The number of urea groups is 1. The molecule has 122 valence electrons. The van der Waals surface area contributed by atoms with Crippen LogP contribution in [0, 0.1) is 17.8 Å². The molecule has 2 N–H and O–H groups in total. The highest BCUT2D eigenvalue weighted by atomic mass is 16.5. The lowest BCUT2D eigenvalue weighted by molar-refractivity contribution is -0.141. The topological polar surface area (TPSA) is 78.9 Å². The maximum absolute atomic E-state index is 12.3. The number of rotatable bonds is 6. The summed E-state index contributed by atoms with van der Waals surface area (Å²) in [5.74, 6) is 0.323. The first-order valence-electron chi connectivity index (χ1n) is 7.58. The fourth-order valence-electron chi connectivity index (χ4n) is 2.97. The fraction of sp³-hybridized carbons (Fsp3) is 0.867. The Balaban J connectivity index is 2.63. The number of nitrogens with zero attached hydrogens (tertiary/aromatic N) is 1. The zero-order valence-corrected chi connectivity index (χ0v) is 13.6. The largest absolute Gasteiger partial charge is 0.480 e. The predicted octanol–water partition coefficient (Wildman–Crippen LogP) is 1.80. The summed E-state index contributed by atoms with van der Waals surface area (Å²) in [5.41, 5.74) is 0. The van der Waals surface area contributed by atoms with Crippen LogP contribution in [0.15, 0.2) is 0 Å². The third kappa shape index (κ3) is 4.59. The lowest BCUT2D eigenvalue weighted by atomic mass is 9.85. The number of likely N-dealkylation sites (tertiary alicyclic amines) is 1. The van der Waals surface area contributed by atoms with Gasteiger partial charge < -0.3 is 20.1 Å². The van der Waals surface area contributed by atoms with Crippen LogP contribution >= 0.6 is 0 Å². The van der Waals surface area contributed by atoms with Crippen LogP contribution < -0.4 is 5.32 Å². The maximum atomic E-state index is 12.3. The van der Waals surface area contributed by atoms with Crippen LogP contribution in [0.25, 0.3) is 0 Å². The zero-order chi connectivity index (χ0) is 16.2. The summed E-state index contributed by atoms with van der Waals surface area (Å²) in [6, 6.07) is -1.11. The molecule has 0 spiro atoms. The summed E-state index contributed by atoms with van der Waals surface area (Å²) in [6.45, 7) is 9.42. The molecule has 1 rings (SSSR count). The predicted molar refractivity (Wildman–Crippen MR) is 80.1 cm³/mol. The molecular weight excluding hydrogens is 272 g/mol. The Bertz CT molecular complexity index is 363. The van der Waals surface area contributed by atoms with Gasteiger partial charge in [0, 0.05) is 26.6 Å². The van der Waals surface area contributed by atoms with Crippen molar-refractivity contribution in [1.29, 1.82) is 0 Å². The molecule has 1 heterocycles. The monoisotopic (exact) mass is 300 g/mol. The number of ether oxygens (including phenoxy) is 1. The molecule has 1 fully saturated rings. The van der Waals surface area contributed by atoms with E-state index in [2.05, 4.69) is 33.0 Å². The van der Waals surface area contributed by atoms with Crippen LogP contribution in [0.1, 0.15) is 34.1 Å². The Labute approximate surface area is 126 Å². The summed E-state index contributed by atoms with van der Waals surface area (Å²) in [4.78, 5) is 24.9. The Morgan fingerprint density at radius 3 is 2.29 bits per heavy atom. The first kappa shape index (κ1) is 17.8. The first-order valence-corrected chi connectivity index (χ1v) is 7.58. The van der Waals surface area contributed by atoms with Gasteiger partial charge >= 0.3 is 12.0 Å². The second kappa shape index (κ2) is 7.64. The molecule has 2 atom stereocenters.